The summed E-state index contributed by atoms with van der Waals surface area (Å²) < 4.78 is 13.7. The van der Waals surface area contributed by atoms with E-state index in [1.165, 1.54) is 22.9 Å². The Bertz CT molecular complexity index is 2210. The van der Waals surface area contributed by atoms with Crippen molar-refractivity contribution in [2.45, 2.75) is 38.2 Å². The van der Waals surface area contributed by atoms with Crippen LogP contribution in [0.15, 0.2) is 124 Å². The van der Waals surface area contributed by atoms with E-state index < -0.39 is 17.8 Å². The van der Waals surface area contributed by atoms with Gasteiger partial charge in [0.15, 0.2) is 11.5 Å². The van der Waals surface area contributed by atoms with Crippen LogP contribution >= 0.6 is 31.9 Å². The van der Waals surface area contributed by atoms with Crippen LogP contribution in [0.3, 0.4) is 0 Å². The maximum absolute atomic E-state index is 14.4. The maximum atomic E-state index is 14.4. The third-order valence-corrected chi connectivity index (χ3v) is 11.4. The highest BCUT2D eigenvalue weighted by Crippen LogP contribution is 2.50. The first-order valence-corrected chi connectivity index (χ1v) is 19.7. The summed E-state index contributed by atoms with van der Waals surface area (Å²) in [6.45, 7) is 4.38. The molecule has 272 valence electrons. The normalized spacial score (nSPS) is 18.7. The minimum atomic E-state index is -0.779. The van der Waals surface area contributed by atoms with Crippen molar-refractivity contribution in [1.82, 2.24) is 5.32 Å². The van der Waals surface area contributed by atoms with Gasteiger partial charge in [0.25, 0.3) is 11.8 Å². The maximum Gasteiger partial charge on any atom is 0.335 e. The van der Waals surface area contributed by atoms with Gasteiger partial charge >= 0.3 is 6.03 Å². The predicted molar refractivity (Wildman–Crippen MR) is 217 cm³/mol. The van der Waals surface area contributed by atoms with Crippen LogP contribution in [0.5, 0.6) is 11.5 Å². The van der Waals surface area contributed by atoms with E-state index in [-0.39, 0.29) is 17.4 Å². The Morgan fingerprint density at radius 1 is 0.778 bits per heavy atom. The Labute approximate surface area is 331 Å². The van der Waals surface area contributed by atoms with Gasteiger partial charge in [-0.3, -0.25) is 14.9 Å². The van der Waals surface area contributed by atoms with E-state index in [0.29, 0.717) is 40.4 Å². The minimum absolute atomic E-state index is 0.0732. The van der Waals surface area contributed by atoms with Crippen LogP contribution in [0.25, 0.3) is 6.08 Å². The highest BCUT2D eigenvalue weighted by Gasteiger charge is 2.40. The third-order valence-electron chi connectivity index (χ3n) is 10.3. The largest absolute Gasteiger partial charge is 0.490 e. The van der Waals surface area contributed by atoms with Gasteiger partial charge in [0, 0.05) is 35.1 Å². The van der Waals surface area contributed by atoms with E-state index in [9.17, 15) is 14.4 Å². The van der Waals surface area contributed by atoms with E-state index in [4.69, 9.17) is 9.47 Å². The van der Waals surface area contributed by atoms with Gasteiger partial charge in [-0.1, -0.05) is 88.7 Å². The summed E-state index contributed by atoms with van der Waals surface area (Å²) in [5.41, 5.74) is 7.46. The van der Waals surface area contributed by atoms with Gasteiger partial charge in [0.05, 0.1) is 16.8 Å². The average molecular weight is 848 g/mol. The predicted octanol–water partition coefficient (Wildman–Crippen LogP) is 9.73. The lowest BCUT2D eigenvalue weighted by Crippen LogP contribution is -2.54. The molecule has 5 aromatic carbocycles. The Morgan fingerprint density at radius 2 is 1.39 bits per heavy atom. The summed E-state index contributed by atoms with van der Waals surface area (Å²) in [6, 6.07) is 35.3. The van der Waals surface area contributed by atoms with Crippen LogP contribution in [-0.4, -0.2) is 37.5 Å². The second-order valence-corrected chi connectivity index (χ2v) is 15.4. The number of hydrogen-bond acceptors (Lipinski definition) is 6. The molecule has 3 aliphatic heterocycles. The van der Waals surface area contributed by atoms with E-state index in [2.05, 4.69) is 66.3 Å². The SMILES string of the molecule is CCOc1cc(/C=C2\C(=O)NC(=O)N(c3cc4c5c(c3)[C@@H](c3ccccc3)CCN5CC[C@@H]4c3ccccc3)C2=O)cc(Br)c1OCc1ccc(Br)cc1. The quantitative estimate of drug-likeness (QED) is 0.118. The number of hydrogen-bond donors (Lipinski definition) is 1. The molecule has 0 bridgehead atoms. The molecule has 3 aliphatic rings. The zero-order valence-electron chi connectivity index (χ0n) is 29.6. The molecule has 1 fully saturated rings. The molecule has 4 amide bonds. The summed E-state index contributed by atoms with van der Waals surface area (Å²) in [5.74, 6) is -0.369. The molecule has 54 heavy (non-hydrogen) atoms. The van der Waals surface area contributed by atoms with Crippen LogP contribution in [0.1, 0.15) is 65.0 Å². The van der Waals surface area contributed by atoms with Crippen LogP contribution in [0.2, 0.25) is 0 Å². The molecule has 0 unspecified atom stereocenters. The van der Waals surface area contributed by atoms with Crippen molar-refractivity contribution in [3.63, 3.8) is 0 Å². The Hall–Kier alpha value is -5.19. The first-order valence-electron chi connectivity index (χ1n) is 18.1. The number of barbiturate groups is 1. The Morgan fingerprint density at radius 3 is 1.98 bits per heavy atom. The lowest BCUT2D eigenvalue weighted by Gasteiger charge is -2.44. The van der Waals surface area contributed by atoms with E-state index >= 15 is 0 Å². The van der Waals surface area contributed by atoms with E-state index in [0.717, 1.165) is 52.0 Å². The Kier molecular flexibility index (Phi) is 10.1. The number of ether oxygens (including phenoxy) is 2. The molecule has 2 atom stereocenters. The number of carbonyl (C=O) groups excluding carboxylic acids is 3. The number of rotatable bonds is 9. The van der Waals surface area contributed by atoms with Crippen molar-refractivity contribution in [1.29, 1.82) is 0 Å². The molecule has 0 radical (unpaired) electrons. The monoisotopic (exact) mass is 845 g/mol. The number of urea groups is 1. The average Bonchev–Trinajstić information content (AvgIpc) is 3.18. The molecule has 5 aromatic rings. The molecule has 10 heteroatoms. The van der Waals surface area contributed by atoms with E-state index in [1.54, 1.807) is 12.1 Å². The second-order valence-electron chi connectivity index (χ2n) is 13.6. The van der Waals surface area contributed by atoms with E-state index in [1.807, 2.05) is 79.7 Å². The summed E-state index contributed by atoms with van der Waals surface area (Å²) in [4.78, 5) is 45.1. The first kappa shape index (κ1) is 35.8. The zero-order valence-corrected chi connectivity index (χ0v) is 32.7. The Balaban J connectivity index is 1.19. The van der Waals surface area contributed by atoms with Gasteiger partial charge < -0.3 is 14.4 Å². The summed E-state index contributed by atoms with van der Waals surface area (Å²) in [5, 5.41) is 2.44. The molecule has 8 nitrogen and oxygen atoms in total. The zero-order chi connectivity index (χ0) is 37.3. The van der Waals surface area contributed by atoms with Crippen molar-refractivity contribution < 1.29 is 23.9 Å². The molecule has 0 spiro atoms. The number of imide groups is 2. The smallest absolute Gasteiger partial charge is 0.335 e. The number of nitrogens with zero attached hydrogens (tertiary/aromatic N) is 2. The standard InChI is InChI=1S/C44H37Br2N3O5/c1-2-53-39-23-28(22-38(46)41(39)54-26-27-13-15-31(45)16-14-27)21-37-42(50)47-44(52)49(43(37)51)32-24-35-33(29-9-5-3-6-10-29)17-19-48-20-18-34(36(25-32)40(35)48)30-11-7-4-8-12-30/h3-16,21-25,33-34H,2,17-20,26H2,1H3,(H,47,50,52)/b37-21+/t33-,34-/m1/s1. The van der Waals surface area contributed by atoms with Crippen LogP contribution < -0.4 is 24.6 Å². The number of anilines is 2. The summed E-state index contributed by atoms with van der Waals surface area (Å²) in [7, 11) is 0. The molecule has 8 rings (SSSR count). The van der Waals surface area contributed by atoms with Crippen molar-refractivity contribution >= 4 is 67.2 Å². The molecular formula is C44H37Br2N3O5. The van der Waals surface area contributed by atoms with Gasteiger partial charge in [0.2, 0.25) is 0 Å². The van der Waals surface area contributed by atoms with Crippen molar-refractivity contribution in [3.05, 3.63) is 157 Å². The second kappa shape index (κ2) is 15.3. The molecular weight excluding hydrogens is 810 g/mol. The van der Waals surface area contributed by atoms with Gasteiger partial charge in [0.1, 0.15) is 12.2 Å². The van der Waals surface area contributed by atoms with Crippen LogP contribution in [0, 0.1) is 0 Å². The van der Waals surface area contributed by atoms with Gasteiger partial charge in [-0.2, -0.15) is 0 Å². The fourth-order valence-corrected chi connectivity index (χ4v) is 8.68. The number of nitrogens with one attached hydrogen (secondary N) is 1. The molecule has 0 aromatic heterocycles. The lowest BCUT2D eigenvalue weighted by molar-refractivity contribution is -0.122. The molecule has 1 N–H and O–H groups in total. The molecule has 0 aliphatic carbocycles. The first-order chi connectivity index (χ1) is 26.3. The van der Waals surface area contributed by atoms with Crippen molar-refractivity contribution in [2.75, 3.05) is 29.5 Å². The third kappa shape index (κ3) is 6.96. The summed E-state index contributed by atoms with van der Waals surface area (Å²) >= 11 is 7.08. The lowest BCUT2D eigenvalue weighted by atomic mass is 9.76. The van der Waals surface area contributed by atoms with Gasteiger partial charge in [-0.05, 0) is 112 Å². The van der Waals surface area contributed by atoms with Crippen LogP contribution in [0.4, 0.5) is 16.2 Å². The fourth-order valence-electron chi connectivity index (χ4n) is 7.84. The fraction of sp³-hybridized carbons (Fsp3) is 0.205. The van der Waals surface area contributed by atoms with Crippen molar-refractivity contribution in [3.8, 4) is 11.5 Å². The molecule has 3 heterocycles. The number of carbonyl (C=O) groups is 3. The molecule has 1 saturated heterocycles. The number of benzene rings is 5. The van der Waals surface area contributed by atoms with Gasteiger partial charge in [-0.25, -0.2) is 9.69 Å². The number of amides is 4. The molecule has 0 saturated carbocycles. The highest BCUT2D eigenvalue weighted by atomic mass is 79.9. The number of halogens is 2. The highest BCUT2D eigenvalue weighted by molar-refractivity contribution is 9.10. The summed E-state index contributed by atoms with van der Waals surface area (Å²) in [6.07, 6.45) is 3.30. The van der Waals surface area contributed by atoms with Gasteiger partial charge in [-0.15, -0.1) is 0 Å². The van der Waals surface area contributed by atoms with Crippen molar-refractivity contribution in [2.24, 2.45) is 0 Å². The topological polar surface area (TPSA) is 88.2 Å². The van der Waals surface area contributed by atoms with Crippen LogP contribution in [-0.2, 0) is 16.2 Å². The minimum Gasteiger partial charge on any atom is -0.490 e.